The van der Waals surface area contributed by atoms with E-state index in [1.807, 2.05) is 31.2 Å². The van der Waals surface area contributed by atoms with Crippen LogP contribution in [0, 0.1) is 6.07 Å². The summed E-state index contributed by atoms with van der Waals surface area (Å²) < 4.78 is 5.15. The number of rotatable bonds is 2. The van der Waals surface area contributed by atoms with Crippen LogP contribution in [0.25, 0.3) is 0 Å². The minimum atomic E-state index is 0.709. The first kappa shape index (κ1) is 10.9. The van der Waals surface area contributed by atoms with E-state index < -0.39 is 0 Å². The fourth-order valence-electron chi connectivity index (χ4n) is 0.622. The Hall–Kier alpha value is -0.0666. The fourth-order valence-corrected chi connectivity index (χ4v) is 0.622. The zero-order chi connectivity index (χ0) is 8.53. The molecule has 11 heavy (non-hydrogen) atoms. The Morgan fingerprint density at radius 1 is 1.55 bits per heavy atom. The Morgan fingerprint density at radius 2 is 2.27 bits per heavy atom. The van der Waals surface area contributed by atoms with Crippen molar-refractivity contribution in [3.8, 4) is 5.75 Å². The molecule has 0 atom stereocenters. The van der Waals surface area contributed by atoms with Crippen LogP contribution in [-0.4, -0.2) is 6.61 Å². The standard InChI is InChI=1S/C8H9O.ClH.Zn/c1-2-9-8-6-4-3-5-7-8;;/h3-6H,2H2,1H3;1H;/q-1;;+2/p-1. The van der Waals surface area contributed by atoms with Gasteiger partial charge in [-0.2, -0.15) is 18.2 Å². The summed E-state index contributed by atoms with van der Waals surface area (Å²) in [5.41, 5.74) is 0. The topological polar surface area (TPSA) is 9.23 Å². The predicted molar refractivity (Wildman–Crippen MR) is 42.3 cm³/mol. The molecule has 0 amide bonds. The molecule has 0 aliphatic heterocycles. The van der Waals surface area contributed by atoms with Gasteiger partial charge in [-0.05, 0) is 6.92 Å². The van der Waals surface area contributed by atoms with Crippen LogP contribution in [0.3, 0.4) is 0 Å². The SMILES string of the molecule is CCOc1[c-]cccc1.[Cl][Zn+]. The molecule has 56 valence electrons. The second-order valence-corrected chi connectivity index (χ2v) is 1.66. The molecule has 3 heteroatoms. The maximum atomic E-state index is 5.15. The average molecular weight is 222 g/mol. The molecule has 1 aromatic carbocycles. The monoisotopic (exact) mass is 220 g/mol. The van der Waals surface area contributed by atoms with Gasteiger partial charge in [0.05, 0.1) is 6.61 Å². The van der Waals surface area contributed by atoms with Crippen LogP contribution >= 0.6 is 9.69 Å². The van der Waals surface area contributed by atoms with Crippen molar-refractivity contribution in [2.75, 3.05) is 6.61 Å². The number of halogens is 1. The summed E-state index contributed by atoms with van der Waals surface area (Å²) in [4.78, 5) is 0. The normalized spacial score (nSPS) is 8.00. The van der Waals surface area contributed by atoms with Gasteiger partial charge in [0, 0.05) is 5.75 Å². The Balaban J connectivity index is 0.000000461. The van der Waals surface area contributed by atoms with Crippen molar-refractivity contribution >= 4 is 9.69 Å². The molecule has 0 unspecified atom stereocenters. The summed E-state index contributed by atoms with van der Waals surface area (Å²) in [5.74, 6) is 0.819. The molecule has 1 rings (SSSR count). The molecular weight excluding hydrogens is 213 g/mol. The van der Waals surface area contributed by atoms with Gasteiger partial charge in [0.25, 0.3) is 0 Å². The Labute approximate surface area is 81.4 Å². The van der Waals surface area contributed by atoms with Crippen LogP contribution in [0.2, 0.25) is 0 Å². The van der Waals surface area contributed by atoms with E-state index in [9.17, 15) is 0 Å². The van der Waals surface area contributed by atoms with E-state index in [0.29, 0.717) is 6.61 Å². The number of hydrogen-bond donors (Lipinski definition) is 0. The molecule has 0 N–H and O–H groups in total. The second kappa shape index (κ2) is 8.03. The van der Waals surface area contributed by atoms with Crippen LogP contribution in [0.15, 0.2) is 24.3 Å². The van der Waals surface area contributed by atoms with E-state index in [0.717, 1.165) is 23.1 Å². The van der Waals surface area contributed by atoms with E-state index in [4.69, 9.17) is 14.4 Å². The van der Waals surface area contributed by atoms with Gasteiger partial charge in [-0.15, -0.1) is 12.1 Å². The van der Waals surface area contributed by atoms with Crippen molar-refractivity contribution < 1.29 is 22.0 Å². The summed E-state index contributed by atoms with van der Waals surface area (Å²) in [6.45, 7) is 2.67. The van der Waals surface area contributed by atoms with Gasteiger partial charge in [0.2, 0.25) is 0 Å². The van der Waals surface area contributed by atoms with Gasteiger partial charge in [0.15, 0.2) is 0 Å². The van der Waals surface area contributed by atoms with Gasteiger partial charge in [0.1, 0.15) is 0 Å². The first-order valence-corrected chi connectivity index (χ1v) is 7.19. The van der Waals surface area contributed by atoms with Gasteiger partial charge in [-0.25, -0.2) is 0 Å². The quantitative estimate of drug-likeness (QED) is 0.551. The first-order valence-electron chi connectivity index (χ1n) is 3.29. The zero-order valence-corrected chi connectivity index (χ0v) is 10.2. The van der Waals surface area contributed by atoms with E-state index in [2.05, 4.69) is 6.07 Å². The first-order chi connectivity index (χ1) is 5.43. The number of benzene rings is 1. The van der Waals surface area contributed by atoms with Gasteiger partial charge in [-0.1, -0.05) is 0 Å². The molecule has 0 heterocycles. The Bertz CT molecular complexity index is 167. The van der Waals surface area contributed by atoms with Crippen LogP contribution in [-0.2, 0) is 17.3 Å². The minimum absolute atomic E-state index is 0.709. The molecule has 1 nitrogen and oxygen atoms in total. The van der Waals surface area contributed by atoms with Gasteiger partial charge in [-0.3, -0.25) is 0 Å². The summed E-state index contributed by atoms with van der Waals surface area (Å²) >= 11 is 0.847. The Kier molecular flexibility index (Phi) is 7.99. The Morgan fingerprint density at radius 3 is 2.73 bits per heavy atom. The van der Waals surface area contributed by atoms with E-state index in [-0.39, 0.29) is 0 Å². The summed E-state index contributed by atoms with van der Waals surface area (Å²) in [6, 6.07) is 10.5. The molecule has 0 radical (unpaired) electrons. The van der Waals surface area contributed by atoms with E-state index in [1.165, 1.54) is 0 Å². The molecule has 0 saturated carbocycles. The number of para-hydroxylation sites is 1. The predicted octanol–water partition coefficient (Wildman–Crippen LogP) is 2.57. The summed E-state index contributed by atoms with van der Waals surface area (Å²) in [7, 11) is 4.76. The molecule has 0 spiro atoms. The van der Waals surface area contributed by atoms with E-state index in [1.54, 1.807) is 0 Å². The van der Waals surface area contributed by atoms with Crippen molar-refractivity contribution in [3.05, 3.63) is 30.3 Å². The molecular formula is C8H9ClOZn. The molecule has 0 aliphatic carbocycles. The molecule has 0 bridgehead atoms. The molecule has 0 saturated heterocycles. The molecule has 1 aromatic rings. The summed E-state index contributed by atoms with van der Waals surface area (Å²) in [5, 5.41) is 0. The van der Waals surface area contributed by atoms with Crippen LogP contribution in [0.4, 0.5) is 0 Å². The number of ether oxygens (including phenoxy) is 1. The van der Waals surface area contributed by atoms with E-state index >= 15 is 0 Å². The van der Waals surface area contributed by atoms with Crippen molar-refractivity contribution in [3.63, 3.8) is 0 Å². The zero-order valence-electron chi connectivity index (χ0n) is 6.51. The third-order valence-electron chi connectivity index (χ3n) is 0.980. The van der Waals surface area contributed by atoms with Crippen LogP contribution in [0.1, 0.15) is 6.92 Å². The van der Waals surface area contributed by atoms with Gasteiger partial charge < -0.3 is 4.74 Å². The fraction of sp³-hybridized carbons (Fsp3) is 0.250. The van der Waals surface area contributed by atoms with Crippen molar-refractivity contribution in [2.24, 2.45) is 0 Å². The van der Waals surface area contributed by atoms with Crippen LogP contribution in [0.5, 0.6) is 5.75 Å². The second-order valence-electron chi connectivity index (χ2n) is 1.66. The summed E-state index contributed by atoms with van der Waals surface area (Å²) in [6.07, 6.45) is 0. The maximum absolute atomic E-state index is 5.15. The van der Waals surface area contributed by atoms with Crippen molar-refractivity contribution in [1.82, 2.24) is 0 Å². The molecule has 0 aliphatic rings. The number of hydrogen-bond acceptors (Lipinski definition) is 1. The molecule has 0 fully saturated rings. The third kappa shape index (κ3) is 5.23. The van der Waals surface area contributed by atoms with Crippen molar-refractivity contribution in [2.45, 2.75) is 6.92 Å². The van der Waals surface area contributed by atoms with Crippen LogP contribution < -0.4 is 4.74 Å². The molecule has 0 aromatic heterocycles. The average Bonchev–Trinajstić information content (AvgIpc) is 2.11. The van der Waals surface area contributed by atoms with Crippen molar-refractivity contribution in [1.29, 1.82) is 0 Å². The third-order valence-corrected chi connectivity index (χ3v) is 0.980. The van der Waals surface area contributed by atoms with Gasteiger partial charge >= 0.3 is 27.0 Å².